The fraction of sp³-hybridized carbons (Fsp3) is 0.655. The van der Waals surface area contributed by atoms with Gasteiger partial charge in [-0.05, 0) is 48.4 Å². The second kappa shape index (κ2) is 12.5. The van der Waals surface area contributed by atoms with Crippen molar-refractivity contribution in [2.45, 2.75) is 83.1 Å². The summed E-state index contributed by atoms with van der Waals surface area (Å²) < 4.78 is 11.8. The number of carbonyl (C=O) groups excluding carboxylic acids is 2. The van der Waals surface area contributed by atoms with E-state index in [9.17, 15) is 24.9 Å². The Balaban J connectivity index is 1.77. The van der Waals surface area contributed by atoms with Gasteiger partial charge in [-0.1, -0.05) is 33.1 Å². The number of nitrogens with one attached hydrogen (secondary N) is 1. The lowest BCUT2D eigenvalue weighted by Crippen LogP contribution is -2.56. The van der Waals surface area contributed by atoms with Crippen LogP contribution in [-0.4, -0.2) is 77.1 Å². The number of hydrogen-bond donors (Lipinski definition) is 4. The van der Waals surface area contributed by atoms with Crippen LogP contribution in [0.1, 0.15) is 69.4 Å². The molecule has 38 heavy (non-hydrogen) atoms. The number of amides is 2. The monoisotopic (exact) mass is 530 g/mol. The highest BCUT2D eigenvalue weighted by molar-refractivity contribution is 5.96. The highest BCUT2D eigenvalue weighted by Gasteiger charge is 2.51. The summed E-state index contributed by atoms with van der Waals surface area (Å²) >= 11 is 0. The number of aliphatic hydroxyl groups is 3. The number of fused-ring (bicyclic) bond motifs is 3. The van der Waals surface area contributed by atoms with E-state index in [0.717, 1.165) is 25.7 Å². The second-order valence-corrected chi connectivity index (χ2v) is 11.2. The molecule has 0 aromatic heterocycles. The molecule has 4 N–H and O–H groups in total. The standard InChI is InChI=1S/C29H42N2O7/c1-17(2)11-24(34)31(15-18-7-5-4-6-8-18)22-14-21(29(36)30-9-10-32)25-20-12-19(16-33)13-23(37-3)27(20)38-28(25)26(22)35/h12-14,17-18,22,25-26,28,32-33,35H,4-11,15-16H2,1-3H3,(H,30,36). The number of ether oxygens (including phenoxy) is 2. The van der Waals surface area contributed by atoms with Crippen LogP contribution in [0.4, 0.5) is 0 Å². The number of rotatable bonds is 10. The lowest BCUT2D eigenvalue weighted by molar-refractivity contribution is -0.139. The Bertz CT molecular complexity index is 1030. The average Bonchev–Trinajstić information content (AvgIpc) is 3.30. The maximum atomic E-state index is 13.6. The number of nitrogens with zero attached hydrogens (tertiary/aromatic N) is 1. The van der Waals surface area contributed by atoms with E-state index in [1.807, 2.05) is 13.8 Å². The molecule has 9 heteroatoms. The normalized spacial score (nSPS) is 24.8. The maximum absolute atomic E-state index is 13.6. The average molecular weight is 531 g/mol. The van der Waals surface area contributed by atoms with Crippen LogP contribution in [-0.2, 0) is 16.2 Å². The number of benzene rings is 1. The summed E-state index contributed by atoms with van der Waals surface area (Å²) in [5.74, 6) is 0.280. The summed E-state index contributed by atoms with van der Waals surface area (Å²) in [6, 6.07) is 2.71. The molecule has 9 nitrogen and oxygen atoms in total. The smallest absolute Gasteiger partial charge is 0.247 e. The van der Waals surface area contributed by atoms with Crippen molar-refractivity contribution in [2.24, 2.45) is 11.8 Å². The summed E-state index contributed by atoms with van der Waals surface area (Å²) in [5, 5.41) is 33.6. The fourth-order valence-electron chi connectivity index (χ4n) is 6.12. The molecule has 2 aliphatic carbocycles. The topological polar surface area (TPSA) is 129 Å². The molecule has 1 aliphatic heterocycles. The van der Waals surface area contributed by atoms with Gasteiger partial charge in [0.15, 0.2) is 11.5 Å². The molecule has 4 rings (SSSR count). The van der Waals surface area contributed by atoms with E-state index >= 15 is 0 Å². The molecule has 1 fully saturated rings. The first-order valence-corrected chi connectivity index (χ1v) is 13.9. The van der Waals surface area contributed by atoms with Gasteiger partial charge < -0.3 is 35.0 Å². The molecule has 210 valence electrons. The minimum Gasteiger partial charge on any atom is -0.493 e. The van der Waals surface area contributed by atoms with E-state index in [1.165, 1.54) is 13.5 Å². The molecule has 2 amide bonds. The molecule has 4 atom stereocenters. The Morgan fingerprint density at radius 1 is 1.18 bits per heavy atom. The van der Waals surface area contributed by atoms with Crippen molar-refractivity contribution < 1.29 is 34.4 Å². The zero-order valence-corrected chi connectivity index (χ0v) is 22.7. The predicted octanol–water partition coefficient (Wildman–Crippen LogP) is 2.27. The first-order chi connectivity index (χ1) is 18.3. The van der Waals surface area contributed by atoms with Crippen LogP contribution >= 0.6 is 0 Å². The molecular weight excluding hydrogens is 488 g/mol. The van der Waals surface area contributed by atoms with Crippen LogP contribution < -0.4 is 14.8 Å². The van der Waals surface area contributed by atoms with Crippen molar-refractivity contribution in [1.29, 1.82) is 0 Å². The fourth-order valence-corrected chi connectivity index (χ4v) is 6.12. The summed E-state index contributed by atoms with van der Waals surface area (Å²) in [6.45, 7) is 4.16. The van der Waals surface area contributed by atoms with E-state index in [0.29, 0.717) is 47.1 Å². The first-order valence-electron chi connectivity index (χ1n) is 13.9. The Morgan fingerprint density at radius 2 is 1.92 bits per heavy atom. The van der Waals surface area contributed by atoms with Gasteiger partial charge in [0.1, 0.15) is 12.2 Å². The van der Waals surface area contributed by atoms with E-state index in [4.69, 9.17) is 9.47 Å². The van der Waals surface area contributed by atoms with Gasteiger partial charge in [-0.3, -0.25) is 9.59 Å². The highest BCUT2D eigenvalue weighted by Crippen LogP contribution is 2.51. The molecule has 0 radical (unpaired) electrons. The Kier molecular flexibility index (Phi) is 9.33. The maximum Gasteiger partial charge on any atom is 0.247 e. The van der Waals surface area contributed by atoms with E-state index in [1.54, 1.807) is 23.1 Å². The largest absolute Gasteiger partial charge is 0.493 e. The summed E-state index contributed by atoms with van der Waals surface area (Å²) in [4.78, 5) is 28.8. The summed E-state index contributed by atoms with van der Waals surface area (Å²) in [7, 11) is 1.50. The number of methoxy groups -OCH3 is 1. The molecule has 1 heterocycles. The summed E-state index contributed by atoms with van der Waals surface area (Å²) in [6.07, 6.45) is 5.70. The molecule has 0 saturated heterocycles. The van der Waals surface area contributed by atoms with Crippen LogP contribution in [0.25, 0.3) is 0 Å². The lowest BCUT2D eigenvalue weighted by atomic mass is 9.76. The Morgan fingerprint density at radius 3 is 2.55 bits per heavy atom. The minimum absolute atomic E-state index is 0.0462. The Labute approximate surface area is 224 Å². The molecule has 4 unspecified atom stereocenters. The number of aliphatic hydroxyl groups excluding tert-OH is 3. The second-order valence-electron chi connectivity index (χ2n) is 11.2. The number of carbonyl (C=O) groups is 2. The van der Waals surface area contributed by atoms with Gasteiger partial charge in [-0.25, -0.2) is 0 Å². The van der Waals surface area contributed by atoms with Crippen LogP contribution in [0, 0.1) is 11.8 Å². The van der Waals surface area contributed by atoms with Crippen molar-refractivity contribution >= 4 is 11.8 Å². The molecule has 1 aromatic carbocycles. The summed E-state index contributed by atoms with van der Waals surface area (Å²) in [5.41, 5.74) is 1.62. The third kappa shape index (κ3) is 5.84. The third-order valence-electron chi connectivity index (χ3n) is 7.94. The van der Waals surface area contributed by atoms with E-state index < -0.39 is 24.2 Å². The van der Waals surface area contributed by atoms with Crippen LogP contribution in [0.3, 0.4) is 0 Å². The molecule has 1 saturated carbocycles. The van der Waals surface area contributed by atoms with Gasteiger partial charge in [-0.2, -0.15) is 0 Å². The predicted molar refractivity (Wildman–Crippen MR) is 142 cm³/mol. The van der Waals surface area contributed by atoms with Gasteiger partial charge in [0, 0.05) is 30.6 Å². The van der Waals surface area contributed by atoms with Crippen molar-refractivity contribution in [2.75, 3.05) is 26.8 Å². The number of hydrogen-bond acceptors (Lipinski definition) is 7. The first kappa shape index (κ1) is 28.4. The van der Waals surface area contributed by atoms with Gasteiger partial charge in [0.25, 0.3) is 0 Å². The van der Waals surface area contributed by atoms with E-state index in [-0.39, 0.29) is 37.5 Å². The molecular formula is C29H42N2O7. The quantitative estimate of drug-likeness (QED) is 0.365. The van der Waals surface area contributed by atoms with Gasteiger partial charge in [-0.15, -0.1) is 0 Å². The molecule has 0 spiro atoms. The molecule has 3 aliphatic rings. The highest BCUT2D eigenvalue weighted by atomic mass is 16.5. The van der Waals surface area contributed by atoms with E-state index in [2.05, 4.69) is 5.32 Å². The van der Waals surface area contributed by atoms with Gasteiger partial charge >= 0.3 is 0 Å². The van der Waals surface area contributed by atoms with Crippen LogP contribution in [0.5, 0.6) is 11.5 Å². The SMILES string of the molecule is COc1cc(CO)cc2c1OC1C2C(C(=O)NCCO)=CC(N(CC2CCCCC2)C(=O)CC(C)C)C1O. The van der Waals surface area contributed by atoms with Gasteiger partial charge in [0.2, 0.25) is 11.8 Å². The van der Waals surface area contributed by atoms with Crippen molar-refractivity contribution in [3.05, 3.63) is 34.9 Å². The molecule has 0 bridgehead atoms. The zero-order valence-electron chi connectivity index (χ0n) is 22.7. The van der Waals surface area contributed by atoms with Crippen molar-refractivity contribution in [3.8, 4) is 11.5 Å². The van der Waals surface area contributed by atoms with Crippen LogP contribution in [0.2, 0.25) is 0 Å². The Hall–Kier alpha value is -2.62. The van der Waals surface area contributed by atoms with Crippen molar-refractivity contribution in [1.82, 2.24) is 10.2 Å². The molecule has 1 aromatic rings. The minimum atomic E-state index is -1.08. The van der Waals surface area contributed by atoms with Crippen LogP contribution in [0.15, 0.2) is 23.8 Å². The lowest BCUT2D eigenvalue weighted by Gasteiger charge is -2.42. The van der Waals surface area contributed by atoms with Gasteiger partial charge in [0.05, 0.1) is 32.3 Å². The zero-order chi connectivity index (χ0) is 27.4. The third-order valence-corrected chi connectivity index (χ3v) is 7.94. The van der Waals surface area contributed by atoms with Crippen molar-refractivity contribution in [3.63, 3.8) is 0 Å².